The number of nitrogens with two attached hydrogens (primary N) is 1. The van der Waals surface area contributed by atoms with Crippen molar-refractivity contribution in [2.75, 3.05) is 6.54 Å². The summed E-state index contributed by atoms with van der Waals surface area (Å²) in [6.45, 7) is 3.45. The highest BCUT2D eigenvalue weighted by atomic mass is 79.9. The summed E-state index contributed by atoms with van der Waals surface area (Å²) in [4.78, 5) is 13.7. The van der Waals surface area contributed by atoms with Crippen molar-refractivity contribution in [1.82, 2.24) is 4.90 Å². The molecule has 0 aromatic heterocycles. The molecule has 0 aliphatic carbocycles. The molecule has 19 heavy (non-hydrogen) atoms. The molecule has 7 heteroatoms. The van der Waals surface area contributed by atoms with Crippen molar-refractivity contribution in [3.05, 3.63) is 34.1 Å². The van der Waals surface area contributed by atoms with Crippen molar-refractivity contribution < 1.29 is 14.4 Å². The normalized spacial score (nSPS) is 11.7. The zero-order chi connectivity index (χ0) is 14.6. The molecule has 5 nitrogen and oxygen atoms in total. The fourth-order valence-electron chi connectivity index (χ4n) is 1.54. The number of hydrogen-bond donors (Lipinski definition) is 2. The second-order valence-electron chi connectivity index (χ2n) is 4.21. The summed E-state index contributed by atoms with van der Waals surface area (Å²) in [6.07, 6.45) is 0. The van der Waals surface area contributed by atoms with Crippen LogP contribution in [0.15, 0.2) is 27.8 Å². The van der Waals surface area contributed by atoms with Gasteiger partial charge >= 0.3 is 0 Å². The highest BCUT2D eigenvalue weighted by Crippen LogP contribution is 2.22. The summed E-state index contributed by atoms with van der Waals surface area (Å²) in [5.74, 6) is -1.26. The molecule has 0 heterocycles. The van der Waals surface area contributed by atoms with Crippen LogP contribution >= 0.6 is 15.9 Å². The van der Waals surface area contributed by atoms with Crippen molar-refractivity contribution in [3.8, 4) is 0 Å². The average molecular weight is 332 g/mol. The molecule has 0 fully saturated rings. The van der Waals surface area contributed by atoms with Gasteiger partial charge in [-0.2, -0.15) is 0 Å². The first-order valence-electron chi connectivity index (χ1n) is 5.59. The van der Waals surface area contributed by atoms with Gasteiger partial charge in [0.05, 0.1) is 12.1 Å². The van der Waals surface area contributed by atoms with Gasteiger partial charge in [-0.1, -0.05) is 11.2 Å². The second-order valence-corrected chi connectivity index (χ2v) is 5.07. The topological polar surface area (TPSA) is 78.9 Å². The highest BCUT2D eigenvalue weighted by molar-refractivity contribution is 9.10. The van der Waals surface area contributed by atoms with Crippen molar-refractivity contribution >= 4 is 27.7 Å². The number of nitrogens with zero attached hydrogens (tertiary/aromatic N) is 2. The van der Waals surface area contributed by atoms with Crippen LogP contribution in [0, 0.1) is 5.82 Å². The molecule has 0 unspecified atom stereocenters. The van der Waals surface area contributed by atoms with Crippen LogP contribution in [0.4, 0.5) is 4.39 Å². The Morgan fingerprint density at radius 2 is 2.21 bits per heavy atom. The Morgan fingerprint density at radius 3 is 2.68 bits per heavy atom. The van der Waals surface area contributed by atoms with Gasteiger partial charge in [0.25, 0.3) is 5.91 Å². The lowest BCUT2D eigenvalue weighted by Gasteiger charge is -2.26. The van der Waals surface area contributed by atoms with Gasteiger partial charge in [-0.15, -0.1) is 0 Å². The number of hydrogen-bond acceptors (Lipinski definition) is 3. The predicted molar refractivity (Wildman–Crippen MR) is 73.7 cm³/mol. The summed E-state index contributed by atoms with van der Waals surface area (Å²) < 4.78 is 14.1. The van der Waals surface area contributed by atoms with E-state index in [0.717, 1.165) is 0 Å². The summed E-state index contributed by atoms with van der Waals surface area (Å²) >= 11 is 3.15. The summed E-state index contributed by atoms with van der Waals surface area (Å²) in [5.41, 5.74) is 5.34. The number of amides is 1. The number of carbonyl (C=O) groups is 1. The van der Waals surface area contributed by atoms with Crippen LogP contribution in [0.1, 0.15) is 24.2 Å². The monoisotopic (exact) mass is 331 g/mol. The summed E-state index contributed by atoms with van der Waals surface area (Å²) in [7, 11) is 0. The first kappa shape index (κ1) is 15.4. The van der Waals surface area contributed by atoms with E-state index in [2.05, 4.69) is 21.1 Å². The quantitative estimate of drug-likeness (QED) is 0.384. The lowest BCUT2D eigenvalue weighted by molar-refractivity contribution is 0.0728. The third-order valence-corrected chi connectivity index (χ3v) is 3.18. The largest absolute Gasteiger partial charge is 0.409 e. The predicted octanol–water partition coefficient (Wildman–Crippen LogP) is 2.19. The Balaban J connectivity index is 3.13. The van der Waals surface area contributed by atoms with Crippen LogP contribution in [0.2, 0.25) is 0 Å². The van der Waals surface area contributed by atoms with Gasteiger partial charge in [0, 0.05) is 10.5 Å². The van der Waals surface area contributed by atoms with Gasteiger partial charge in [-0.3, -0.25) is 4.79 Å². The van der Waals surface area contributed by atoms with E-state index in [-0.39, 0.29) is 24.0 Å². The van der Waals surface area contributed by atoms with E-state index in [0.29, 0.717) is 4.47 Å². The maximum absolute atomic E-state index is 13.8. The summed E-state index contributed by atoms with van der Waals surface area (Å²) in [5, 5.41) is 11.4. The molecule has 1 rings (SSSR count). The molecule has 0 saturated heterocycles. The number of halogens is 2. The Bertz CT molecular complexity index is 485. The molecule has 1 aromatic rings. The SMILES string of the molecule is CC(C)N(C/C(N)=N/O)C(=O)c1c(F)cccc1Br. The number of rotatable bonds is 4. The van der Waals surface area contributed by atoms with Crippen LogP contribution in [-0.4, -0.2) is 34.4 Å². The smallest absolute Gasteiger partial charge is 0.258 e. The first-order chi connectivity index (χ1) is 8.88. The number of carbonyl (C=O) groups excluding carboxylic acids is 1. The number of amidine groups is 1. The fraction of sp³-hybridized carbons (Fsp3) is 0.333. The summed E-state index contributed by atoms with van der Waals surface area (Å²) in [6, 6.07) is 4.07. The third-order valence-electron chi connectivity index (χ3n) is 2.52. The molecule has 3 N–H and O–H groups in total. The second kappa shape index (κ2) is 6.51. The van der Waals surface area contributed by atoms with E-state index in [4.69, 9.17) is 10.9 Å². The van der Waals surface area contributed by atoms with Crippen LogP contribution in [0.3, 0.4) is 0 Å². The van der Waals surface area contributed by atoms with Gasteiger partial charge in [-0.25, -0.2) is 4.39 Å². The van der Waals surface area contributed by atoms with Crippen molar-refractivity contribution in [3.63, 3.8) is 0 Å². The van der Waals surface area contributed by atoms with Crippen LogP contribution in [0.25, 0.3) is 0 Å². The molecule has 104 valence electrons. The van der Waals surface area contributed by atoms with Gasteiger partial charge in [0.1, 0.15) is 5.82 Å². The zero-order valence-corrected chi connectivity index (χ0v) is 12.2. The highest BCUT2D eigenvalue weighted by Gasteiger charge is 2.24. The van der Waals surface area contributed by atoms with Crippen molar-refractivity contribution in [2.45, 2.75) is 19.9 Å². The van der Waals surface area contributed by atoms with E-state index in [1.165, 1.54) is 17.0 Å². The van der Waals surface area contributed by atoms with E-state index in [1.807, 2.05) is 0 Å². The molecule has 0 aliphatic heterocycles. The molecule has 0 radical (unpaired) electrons. The Hall–Kier alpha value is -1.63. The van der Waals surface area contributed by atoms with Crippen molar-refractivity contribution in [2.24, 2.45) is 10.9 Å². The van der Waals surface area contributed by atoms with Crippen LogP contribution in [-0.2, 0) is 0 Å². The van der Waals surface area contributed by atoms with Crippen LogP contribution < -0.4 is 5.73 Å². The van der Waals surface area contributed by atoms with Gasteiger partial charge in [0.15, 0.2) is 5.84 Å². The molecule has 0 saturated carbocycles. The Labute approximate surface area is 119 Å². The maximum Gasteiger partial charge on any atom is 0.258 e. The molecular weight excluding hydrogens is 317 g/mol. The molecule has 0 aliphatic rings. The zero-order valence-electron chi connectivity index (χ0n) is 10.6. The molecule has 0 spiro atoms. The van der Waals surface area contributed by atoms with Crippen LogP contribution in [0.5, 0.6) is 0 Å². The number of benzene rings is 1. The first-order valence-corrected chi connectivity index (χ1v) is 6.39. The van der Waals surface area contributed by atoms with Gasteiger partial charge in [0.2, 0.25) is 0 Å². The van der Waals surface area contributed by atoms with E-state index in [1.54, 1.807) is 19.9 Å². The van der Waals surface area contributed by atoms with E-state index < -0.39 is 11.7 Å². The molecule has 1 aromatic carbocycles. The number of oxime groups is 1. The van der Waals surface area contributed by atoms with E-state index in [9.17, 15) is 9.18 Å². The average Bonchev–Trinajstić information content (AvgIpc) is 2.34. The molecule has 0 bridgehead atoms. The van der Waals surface area contributed by atoms with Gasteiger partial charge < -0.3 is 15.8 Å². The lowest BCUT2D eigenvalue weighted by Crippen LogP contribution is -2.43. The lowest BCUT2D eigenvalue weighted by atomic mass is 10.1. The maximum atomic E-state index is 13.8. The molecule has 1 amide bonds. The molecular formula is C12H15BrFN3O2. The minimum Gasteiger partial charge on any atom is -0.409 e. The van der Waals surface area contributed by atoms with E-state index >= 15 is 0 Å². The minimum absolute atomic E-state index is 0.0676. The minimum atomic E-state index is -0.621. The Morgan fingerprint density at radius 1 is 1.58 bits per heavy atom. The molecule has 0 atom stereocenters. The van der Waals surface area contributed by atoms with Crippen molar-refractivity contribution in [1.29, 1.82) is 0 Å². The third kappa shape index (κ3) is 3.66. The van der Waals surface area contributed by atoms with Gasteiger partial charge in [-0.05, 0) is 41.9 Å². The Kier molecular flexibility index (Phi) is 5.29. The standard InChI is InChI=1S/C12H15BrFN3O2/c1-7(2)17(6-10(15)16-19)12(18)11-8(13)4-3-5-9(11)14/h3-5,7,19H,6H2,1-2H3,(H2,15,16). The fourth-order valence-corrected chi connectivity index (χ4v) is 2.05.